The largest absolute Gasteiger partial charge is 0.365 e. The van der Waals surface area contributed by atoms with Crippen molar-refractivity contribution < 1.29 is 13.6 Å². The van der Waals surface area contributed by atoms with E-state index in [-0.39, 0.29) is 17.6 Å². The van der Waals surface area contributed by atoms with Crippen LogP contribution in [0.2, 0.25) is 0 Å². The van der Waals surface area contributed by atoms with Crippen LogP contribution in [0.15, 0.2) is 18.2 Å². The molecule has 0 bridgehead atoms. The summed E-state index contributed by atoms with van der Waals surface area (Å²) in [5, 5.41) is 2.87. The third kappa shape index (κ3) is 3.45. The van der Waals surface area contributed by atoms with Crippen molar-refractivity contribution in [3.05, 3.63) is 29.8 Å². The Hall–Kier alpha value is -1.69. The molecule has 4 nitrogen and oxygen atoms in total. The van der Waals surface area contributed by atoms with Crippen LogP contribution < -0.4 is 16.0 Å². The SMILES string of the molecule is NCCCC(=O)NC1CCN(c2c(F)cccc2F)C1. The second kappa shape index (κ2) is 6.65. The lowest BCUT2D eigenvalue weighted by Crippen LogP contribution is -2.37. The lowest BCUT2D eigenvalue weighted by Gasteiger charge is -2.20. The maximum Gasteiger partial charge on any atom is 0.220 e. The molecule has 1 aromatic carbocycles. The minimum Gasteiger partial charge on any atom is -0.365 e. The lowest BCUT2D eigenvalue weighted by atomic mass is 10.2. The highest BCUT2D eigenvalue weighted by Crippen LogP contribution is 2.26. The molecule has 1 saturated heterocycles. The highest BCUT2D eigenvalue weighted by molar-refractivity contribution is 5.76. The third-order valence-corrected chi connectivity index (χ3v) is 3.42. The molecule has 1 heterocycles. The number of benzene rings is 1. The van der Waals surface area contributed by atoms with Gasteiger partial charge in [-0.1, -0.05) is 6.07 Å². The predicted molar refractivity (Wildman–Crippen MR) is 73.4 cm³/mol. The number of para-hydroxylation sites is 1. The standard InChI is InChI=1S/C14H19F2N3O/c15-11-3-1-4-12(16)14(11)19-8-6-10(9-19)18-13(20)5-2-7-17/h1,3-4,10H,2,5-9,17H2,(H,18,20). The van der Waals surface area contributed by atoms with Crippen molar-refractivity contribution in [3.63, 3.8) is 0 Å². The van der Waals surface area contributed by atoms with Crippen molar-refractivity contribution in [1.82, 2.24) is 5.32 Å². The summed E-state index contributed by atoms with van der Waals surface area (Å²) in [5.74, 6) is -1.20. The fraction of sp³-hybridized carbons (Fsp3) is 0.500. The van der Waals surface area contributed by atoms with Crippen LogP contribution in [-0.4, -0.2) is 31.6 Å². The summed E-state index contributed by atoms with van der Waals surface area (Å²) >= 11 is 0. The molecule has 110 valence electrons. The Kier molecular flexibility index (Phi) is 4.89. The molecular weight excluding hydrogens is 264 g/mol. The summed E-state index contributed by atoms with van der Waals surface area (Å²) in [5.41, 5.74) is 5.34. The number of rotatable bonds is 5. The number of amides is 1. The van der Waals surface area contributed by atoms with Gasteiger partial charge in [-0.05, 0) is 31.5 Å². The second-order valence-electron chi connectivity index (χ2n) is 4.96. The Morgan fingerprint density at radius 1 is 1.40 bits per heavy atom. The molecule has 0 spiro atoms. The van der Waals surface area contributed by atoms with E-state index in [1.165, 1.54) is 18.2 Å². The number of anilines is 1. The first-order chi connectivity index (χ1) is 9.61. The van der Waals surface area contributed by atoms with E-state index in [0.29, 0.717) is 38.9 Å². The molecule has 20 heavy (non-hydrogen) atoms. The van der Waals surface area contributed by atoms with Crippen molar-refractivity contribution in [2.75, 3.05) is 24.5 Å². The normalized spacial score (nSPS) is 18.4. The molecule has 1 atom stereocenters. The molecule has 6 heteroatoms. The lowest BCUT2D eigenvalue weighted by molar-refractivity contribution is -0.121. The number of nitrogens with one attached hydrogen (secondary N) is 1. The molecule has 1 unspecified atom stereocenters. The van der Waals surface area contributed by atoms with Crippen LogP contribution in [-0.2, 0) is 4.79 Å². The van der Waals surface area contributed by atoms with Gasteiger partial charge in [0.1, 0.15) is 17.3 Å². The first-order valence-corrected chi connectivity index (χ1v) is 6.80. The van der Waals surface area contributed by atoms with E-state index in [9.17, 15) is 13.6 Å². The van der Waals surface area contributed by atoms with Crippen molar-refractivity contribution in [1.29, 1.82) is 0 Å². The summed E-state index contributed by atoms with van der Waals surface area (Å²) in [4.78, 5) is 13.2. The average Bonchev–Trinajstić information content (AvgIpc) is 2.84. The van der Waals surface area contributed by atoms with E-state index < -0.39 is 11.6 Å². The quantitative estimate of drug-likeness (QED) is 0.859. The van der Waals surface area contributed by atoms with Gasteiger partial charge in [-0.15, -0.1) is 0 Å². The molecule has 1 aliphatic heterocycles. The summed E-state index contributed by atoms with van der Waals surface area (Å²) < 4.78 is 27.4. The molecular formula is C14H19F2N3O. The summed E-state index contributed by atoms with van der Waals surface area (Å²) in [6.07, 6.45) is 1.72. The topological polar surface area (TPSA) is 58.4 Å². The first kappa shape index (κ1) is 14.7. The zero-order valence-corrected chi connectivity index (χ0v) is 11.2. The van der Waals surface area contributed by atoms with Crippen LogP contribution in [0.4, 0.5) is 14.5 Å². The Morgan fingerprint density at radius 3 is 2.75 bits per heavy atom. The molecule has 0 radical (unpaired) electrons. The van der Waals surface area contributed by atoms with Crippen LogP contribution in [0.25, 0.3) is 0 Å². The zero-order valence-electron chi connectivity index (χ0n) is 11.2. The van der Waals surface area contributed by atoms with Crippen molar-refractivity contribution >= 4 is 11.6 Å². The minimum absolute atomic E-state index is 0.00814. The van der Waals surface area contributed by atoms with Gasteiger partial charge in [0, 0.05) is 25.6 Å². The maximum atomic E-state index is 13.7. The van der Waals surface area contributed by atoms with Crippen molar-refractivity contribution in [3.8, 4) is 0 Å². The van der Waals surface area contributed by atoms with E-state index in [4.69, 9.17) is 5.73 Å². The van der Waals surface area contributed by atoms with Crippen LogP contribution in [0, 0.1) is 11.6 Å². The van der Waals surface area contributed by atoms with Crippen molar-refractivity contribution in [2.24, 2.45) is 5.73 Å². The highest BCUT2D eigenvalue weighted by atomic mass is 19.1. The predicted octanol–water partition coefficient (Wildman–Crippen LogP) is 1.40. The number of carbonyl (C=O) groups excluding carboxylic acids is 1. The molecule has 0 aromatic heterocycles. The van der Waals surface area contributed by atoms with Crippen LogP contribution in [0.1, 0.15) is 19.3 Å². The van der Waals surface area contributed by atoms with E-state index in [2.05, 4.69) is 5.32 Å². The number of halogens is 2. The van der Waals surface area contributed by atoms with E-state index in [1.54, 1.807) is 4.90 Å². The molecule has 1 aliphatic rings. The highest BCUT2D eigenvalue weighted by Gasteiger charge is 2.27. The Labute approximate surface area is 116 Å². The summed E-state index contributed by atoms with van der Waals surface area (Å²) in [7, 11) is 0. The number of hydrogen-bond acceptors (Lipinski definition) is 3. The van der Waals surface area contributed by atoms with Crippen LogP contribution in [0.5, 0.6) is 0 Å². The number of hydrogen-bond donors (Lipinski definition) is 2. The van der Waals surface area contributed by atoms with Gasteiger partial charge in [0.15, 0.2) is 0 Å². The molecule has 2 rings (SSSR count). The number of nitrogens with two attached hydrogens (primary N) is 1. The molecule has 1 amide bonds. The third-order valence-electron chi connectivity index (χ3n) is 3.42. The van der Waals surface area contributed by atoms with E-state index >= 15 is 0 Å². The number of carbonyl (C=O) groups is 1. The van der Waals surface area contributed by atoms with Gasteiger partial charge in [-0.3, -0.25) is 4.79 Å². The van der Waals surface area contributed by atoms with Crippen LogP contribution in [0.3, 0.4) is 0 Å². The molecule has 1 aromatic rings. The first-order valence-electron chi connectivity index (χ1n) is 6.80. The van der Waals surface area contributed by atoms with Gasteiger partial charge in [0.2, 0.25) is 5.91 Å². The van der Waals surface area contributed by atoms with Gasteiger partial charge in [-0.2, -0.15) is 0 Å². The molecule has 0 saturated carbocycles. The number of nitrogens with zero attached hydrogens (tertiary/aromatic N) is 1. The van der Waals surface area contributed by atoms with Crippen molar-refractivity contribution in [2.45, 2.75) is 25.3 Å². The van der Waals surface area contributed by atoms with Gasteiger partial charge < -0.3 is 16.0 Å². The fourth-order valence-corrected chi connectivity index (χ4v) is 2.43. The zero-order chi connectivity index (χ0) is 14.5. The van der Waals surface area contributed by atoms with Gasteiger partial charge >= 0.3 is 0 Å². The Morgan fingerprint density at radius 2 is 2.10 bits per heavy atom. The van der Waals surface area contributed by atoms with Gasteiger partial charge in [-0.25, -0.2) is 8.78 Å². The summed E-state index contributed by atoms with van der Waals surface area (Å²) in [6.45, 7) is 1.43. The minimum atomic E-state index is -0.569. The Bertz CT molecular complexity index is 461. The van der Waals surface area contributed by atoms with Crippen LogP contribution >= 0.6 is 0 Å². The molecule has 3 N–H and O–H groups in total. The molecule has 0 aliphatic carbocycles. The Balaban J connectivity index is 1.94. The van der Waals surface area contributed by atoms with E-state index in [1.807, 2.05) is 0 Å². The molecule has 1 fully saturated rings. The van der Waals surface area contributed by atoms with Gasteiger partial charge in [0.05, 0.1) is 0 Å². The summed E-state index contributed by atoms with van der Waals surface area (Å²) in [6, 6.07) is 3.76. The second-order valence-corrected chi connectivity index (χ2v) is 4.96. The van der Waals surface area contributed by atoms with E-state index in [0.717, 1.165) is 0 Å². The smallest absolute Gasteiger partial charge is 0.220 e. The van der Waals surface area contributed by atoms with Gasteiger partial charge in [0.25, 0.3) is 0 Å². The maximum absolute atomic E-state index is 13.7. The fourth-order valence-electron chi connectivity index (χ4n) is 2.43. The monoisotopic (exact) mass is 283 g/mol. The average molecular weight is 283 g/mol.